The molecule has 0 saturated carbocycles. The Balaban J connectivity index is 2.19. The predicted molar refractivity (Wildman–Crippen MR) is 74.4 cm³/mol. The minimum Gasteiger partial charge on any atom is -0.497 e. The van der Waals surface area contributed by atoms with Crippen molar-refractivity contribution in [3.05, 3.63) is 64.5 Å². The van der Waals surface area contributed by atoms with Crippen LogP contribution in [0.25, 0.3) is 0 Å². The van der Waals surface area contributed by atoms with Gasteiger partial charge in [-0.05, 0) is 12.1 Å². The van der Waals surface area contributed by atoms with Gasteiger partial charge in [-0.1, -0.05) is 0 Å². The van der Waals surface area contributed by atoms with Gasteiger partial charge >= 0.3 is 0 Å². The summed E-state index contributed by atoms with van der Waals surface area (Å²) < 4.78 is 70.6. The molecule has 0 radical (unpaired) electrons. The fourth-order valence-electron chi connectivity index (χ4n) is 1.64. The molecule has 0 aliphatic rings. The third-order valence-corrected chi connectivity index (χ3v) is 2.75. The van der Waals surface area contributed by atoms with E-state index in [1.807, 2.05) is 0 Å². The van der Waals surface area contributed by atoms with Gasteiger partial charge in [-0.15, -0.1) is 0 Å². The molecule has 0 amide bonds. The molecule has 0 aliphatic carbocycles. The summed E-state index contributed by atoms with van der Waals surface area (Å²) >= 11 is 0. The molecule has 3 nitrogen and oxygen atoms in total. The largest absolute Gasteiger partial charge is 0.497 e. The number of nitrogens with zero attached hydrogens (tertiary/aromatic N) is 2. The second kappa shape index (κ2) is 6.99. The average molecular weight is 328 g/mol. The first-order valence-electron chi connectivity index (χ1n) is 6.16. The Hall–Kier alpha value is -2.77. The number of hydrogen-bond donors (Lipinski definition) is 0. The molecule has 0 fully saturated rings. The molecule has 23 heavy (non-hydrogen) atoms. The van der Waals surface area contributed by atoms with E-state index >= 15 is 0 Å². The zero-order valence-corrected chi connectivity index (χ0v) is 11.7. The molecule has 120 valence electrons. The van der Waals surface area contributed by atoms with Crippen molar-refractivity contribution in [3.8, 4) is 5.75 Å². The molecule has 2 aromatic carbocycles. The van der Waals surface area contributed by atoms with Gasteiger partial charge in [-0.25, -0.2) is 22.0 Å². The highest BCUT2D eigenvalue weighted by Gasteiger charge is 2.10. The van der Waals surface area contributed by atoms with Gasteiger partial charge in [0.1, 0.15) is 17.4 Å². The van der Waals surface area contributed by atoms with Crippen molar-refractivity contribution in [2.24, 2.45) is 10.2 Å². The summed E-state index contributed by atoms with van der Waals surface area (Å²) in [6, 6.07) is 3.32. The lowest BCUT2D eigenvalue weighted by atomic mass is 10.2. The summed E-state index contributed by atoms with van der Waals surface area (Å²) in [6.07, 6.45) is 1.69. The fourth-order valence-corrected chi connectivity index (χ4v) is 1.64. The Kier molecular flexibility index (Phi) is 5.05. The number of hydrogen-bond acceptors (Lipinski definition) is 3. The third kappa shape index (κ3) is 3.91. The molecule has 0 unspecified atom stereocenters. The maximum absolute atomic E-state index is 13.6. The van der Waals surface area contributed by atoms with E-state index in [9.17, 15) is 22.0 Å². The molecular weight excluding hydrogens is 319 g/mol. The Morgan fingerprint density at radius 1 is 0.783 bits per heavy atom. The monoisotopic (exact) mass is 328 g/mol. The van der Waals surface area contributed by atoms with Gasteiger partial charge in [0, 0.05) is 17.7 Å². The smallest absolute Gasteiger partial charge is 0.194 e. The highest BCUT2D eigenvalue weighted by Crippen LogP contribution is 2.19. The van der Waals surface area contributed by atoms with Crippen molar-refractivity contribution >= 4 is 12.4 Å². The van der Waals surface area contributed by atoms with Crippen LogP contribution in [-0.4, -0.2) is 19.5 Å². The van der Waals surface area contributed by atoms with Crippen molar-refractivity contribution < 1.29 is 26.7 Å². The Morgan fingerprint density at radius 2 is 1.30 bits per heavy atom. The van der Waals surface area contributed by atoms with Crippen molar-refractivity contribution in [2.45, 2.75) is 0 Å². The Bertz CT molecular complexity index is 743. The van der Waals surface area contributed by atoms with Crippen LogP contribution in [0.1, 0.15) is 11.1 Å². The van der Waals surface area contributed by atoms with Crippen molar-refractivity contribution in [1.29, 1.82) is 0 Å². The van der Waals surface area contributed by atoms with Crippen LogP contribution in [0.4, 0.5) is 22.0 Å². The molecular formula is C15H9F5N2O. The first kappa shape index (κ1) is 16.6. The lowest BCUT2D eigenvalue weighted by Crippen LogP contribution is -1.96. The summed E-state index contributed by atoms with van der Waals surface area (Å²) in [6.45, 7) is 0. The lowest BCUT2D eigenvalue weighted by molar-refractivity contribution is 0.406. The zero-order chi connectivity index (χ0) is 17.0. The highest BCUT2D eigenvalue weighted by molar-refractivity contribution is 5.83. The van der Waals surface area contributed by atoms with Crippen molar-refractivity contribution in [1.82, 2.24) is 0 Å². The molecule has 0 saturated heterocycles. The van der Waals surface area contributed by atoms with E-state index < -0.39 is 34.6 Å². The summed E-state index contributed by atoms with van der Waals surface area (Å²) in [5.74, 6) is -6.21. The van der Waals surface area contributed by atoms with Crippen LogP contribution in [0.5, 0.6) is 5.75 Å². The fraction of sp³-hybridized carbons (Fsp3) is 0.0667. The van der Waals surface area contributed by atoms with Gasteiger partial charge in [0.15, 0.2) is 17.5 Å². The molecule has 0 atom stereocenters. The van der Waals surface area contributed by atoms with E-state index in [1.165, 1.54) is 7.11 Å². The maximum Gasteiger partial charge on any atom is 0.194 e. The molecule has 0 N–H and O–H groups in total. The molecule has 2 rings (SSSR count). The SMILES string of the molecule is COc1cc(F)c(C=NN=Cc2cc(F)c(F)c(F)c2)c(F)c1. The molecule has 0 bridgehead atoms. The summed E-state index contributed by atoms with van der Waals surface area (Å²) in [4.78, 5) is 0. The molecule has 8 heteroatoms. The highest BCUT2D eigenvalue weighted by atomic mass is 19.2. The van der Waals surface area contributed by atoms with Crippen LogP contribution >= 0.6 is 0 Å². The lowest BCUT2D eigenvalue weighted by Gasteiger charge is -2.02. The second-order valence-electron chi connectivity index (χ2n) is 4.29. The van der Waals surface area contributed by atoms with Crippen molar-refractivity contribution in [2.75, 3.05) is 7.11 Å². The maximum atomic E-state index is 13.6. The molecule has 0 aromatic heterocycles. The van der Waals surface area contributed by atoms with Crippen molar-refractivity contribution in [3.63, 3.8) is 0 Å². The van der Waals surface area contributed by atoms with Gasteiger partial charge in [0.2, 0.25) is 0 Å². The third-order valence-electron chi connectivity index (χ3n) is 2.75. The molecule has 0 heterocycles. The summed E-state index contributed by atoms with van der Waals surface area (Å²) in [7, 11) is 1.26. The first-order valence-corrected chi connectivity index (χ1v) is 6.16. The molecule has 2 aromatic rings. The van der Waals surface area contributed by atoms with E-state index in [4.69, 9.17) is 4.74 Å². The number of methoxy groups -OCH3 is 1. The first-order chi connectivity index (χ1) is 10.9. The zero-order valence-electron chi connectivity index (χ0n) is 11.7. The number of halogens is 5. The van der Waals surface area contributed by atoms with E-state index in [-0.39, 0.29) is 11.3 Å². The minimum atomic E-state index is -1.60. The van der Waals surface area contributed by atoms with E-state index in [2.05, 4.69) is 10.2 Å². The number of rotatable bonds is 4. The predicted octanol–water partition coefficient (Wildman–Crippen LogP) is 3.84. The second-order valence-corrected chi connectivity index (χ2v) is 4.29. The van der Waals surface area contributed by atoms with Gasteiger partial charge in [0.05, 0.1) is 25.1 Å². The summed E-state index contributed by atoms with van der Waals surface area (Å²) in [5.41, 5.74) is -0.561. The molecule has 0 spiro atoms. The molecule has 0 aliphatic heterocycles. The quantitative estimate of drug-likeness (QED) is 0.363. The summed E-state index contributed by atoms with van der Waals surface area (Å²) in [5, 5.41) is 6.78. The van der Waals surface area contributed by atoms with Crippen LogP contribution in [0.15, 0.2) is 34.5 Å². The number of benzene rings is 2. The topological polar surface area (TPSA) is 34.0 Å². The van der Waals surface area contributed by atoms with E-state index in [0.717, 1.165) is 24.6 Å². The van der Waals surface area contributed by atoms with E-state index in [0.29, 0.717) is 12.1 Å². The van der Waals surface area contributed by atoms with Gasteiger partial charge < -0.3 is 4.74 Å². The average Bonchev–Trinajstić information content (AvgIpc) is 2.50. The Morgan fingerprint density at radius 3 is 1.83 bits per heavy atom. The standard InChI is InChI=1S/C15H9F5N2O/c1-23-9-4-11(16)10(12(17)5-9)7-22-21-6-8-2-13(18)15(20)14(19)3-8/h2-7H,1H3. The van der Waals surface area contributed by atoms with Gasteiger partial charge in [-0.2, -0.15) is 10.2 Å². The number of ether oxygens (including phenoxy) is 1. The van der Waals surface area contributed by atoms with Crippen LogP contribution in [-0.2, 0) is 0 Å². The van der Waals surface area contributed by atoms with Gasteiger partial charge in [0.25, 0.3) is 0 Å². The normalized spacial score (nSPS) is 11.6. The van der Waals surface area contributed by atoms with E-state index in [1.54, 1.807) is 0 Å². The minimum absolute atomic E-state index is 0.00193. The van der Waals surface area contributed by atoms with Crippen LogP contribution in [0, 0.1) is 29.1 Å². The van der Waals surface area contributed by atoms with Crippen LogP contribution in [0.3, 0.4) is 0 Å². The Labute approximate surface area is 127 Å². The van der Waals surface area contributed by atoms with Gasteiger partial charge in [-0.3, -0.25) is 0 Å². The van der Waals surface area contributed by atoms with Crippen LogP contribution < -0.4 is 4.74 Å². The van der Waals surface area contributed by atoms with Crippen LogP contribution in [0.2, 0.25) is 0 Å².